The molecule has 1 unspecified atom stereocenters. The van der Waals surface area contributed by atoms with E-state index in [1.54, 1.807) is 24.3 Å². The summed E-state index contributed by atoms with van der Waals surface area (Å²) in [5, 5.41) is 4.24. The zero-order valence-electron chi connectivity index (χ0n) is 7.27. The van der Waals surface area contributed by atoms with Crippen LogP contribution in [0.4, 0.5) is 5.69 Å². The maximum atomic E-state index is 11.0. The van der Waals surface area contributed by atoms with Crippen molar-refractivity contribution in [1.29, 1.82) is 0 Å². The van der Waals surface area contributed by atoms with Crippen molar-refractivity contribution in [2.75, 3.05) is 5.73 Å². The number of primary sulfonamides is 1. The molecule has 4 N–H and O–H groups in total. The summed E-state index contributed by atoms with van der Waals surface area (Å²) in [6.45, 7) is 1.51. The fraction of sp³-hybridized carbons (Fsp3) is 0.250. The van der Waals surface area contributed by atoms with Gasteiger partial charge in [0.25, 0.3) is 0 Å². The largest absolute Gasteiger partial charge is 0.398 e. The van der Waals surface area contributed by atoms with Crippen LogP contribution in [0.5, 0.6) is 0 Å². The number of hydrogen-bond acceptors (Lipinski definition) is 3. The first-order valence-electron chi connectivity index (χ1n) is 3.79. The van der Waals surface area contributed by atoms with Gasteiger partial charge in [0, 0.05) is 5.69 Å². The molecule has 0 amide bonds. The second kappa shape index (κ2) is 3.35. The summed E-state index contributed by atoms with van der Waals surface area (Å²) >= 11 is 0. The van der Waals surface area contributed by atoms with Crippen LogP contribution in [0, 0.1) is 0 Å². The van der Waals surface area contributed by atoms with Crippen LogP contribution in [0.25, 0.3) is 0 Å². The Labute approximate surface area is 77.6 Å². The normalized spacial score (nSPS) is 14.0. The molecule has 0 aliphatic heterocycles. The lowest BCUT2D eigenvalue weighted by atomic mass is 10.1. The Bertz CT molecular complexity index is 400. The van der Waals surface area contributed by atoms with Crippen molar-refractivity contribution in [1.82, 2.24) is 0 Å². The highest BCUT2D eigenvalue weighted by molar-refractivity contribution is 7.89. The Hall–Kier alpha value is -1.07. The molecule has 4 nitrogen and oxygen atoms in total. The van der Waals surface area contributed by atoms with E-state index in [1.165, 1.54) is 6.92 Å². The Kier molecular flexibility index (Phi) is 2.58. The Morgan fingerprint density at radius 2 is 1.85 bits per heavy atom. The number of anilines is 1. The molecule has 0 heterocycles. The Balaban J connectivity index is 3.17. The molecule has 1 rings (SSSR count). The first kappa shape index (κ1) is 10.0. The summed E-state index contributed by atoms with van der Waals surface area (Å²) < 4.78 is 22.0. The first-order chi connectivity index (χ1) is 5.93. The first-order valence-corrected chi connectivity index (χ1v) is 5.40. The fourth-order valence-corrected chi connectivity index (χ4v) is 1.63. The van der Waals surface area contributed by atoms with Crippen molar-refractivity contribution in [3.63, 3.8) is 0 Å². The number of nitrogen functional groups attached to an aromatic ring is 1. The van der Waals surface area contributed by atoms with Crippen LogP contribution in [-0.4, -0.2) is 8.42 Å². The maximum Gasteiger partial charge on any atom is 0.215 e. The minimum absolute atomic E-state index is 0.448. The SMILES string of the molecule is CC(c1ccccc1N)S(N)(=O)=O. The zero-order valence-corrected chi connectivity index (χ0v) is 8.08. The predicted octanol–water partition coefficient (Wildman–Crippen LogP) is 0.618. The highest BCUT2D eigenvalue weighted by Gasteiger charge is 2.19. The smallest absolute Gasteiger partial charge is 0.215 e. The molecule has 0 saturated carbocycles. The van der Waals surface area contributed by atoms with Crippen LogP contribution >= 0.6 is 0 Å². The standard InChI is InChI=1S/C8H12N2O2S/c1-6(13(10,11)12)7-4-2-3-5-8(7)9/h2-6H,9H2,1H3,(H2,10,11,12). The summed E-state index contributed by atoms with van der Waals surface area (Å²) in [5.74, 6) is 0. The monoisotopic (exact) mass is 200 g/mol. The molecule has 0 fully saturated rings. The van der Waals surface area contributed by atoms with Crippen molar-refractivity contribution in [2.24, 2.45) is 5.14 Å². The summed E-state index contributed by atoms with van der Waals surface area (Å²) in [5.41, 5.74) is 6.59. The summed E-state index contributed by atoms with van der Waals surface area (Å²) in [6, 6.07) is 6.78. The lowest BCUT2D eigenvalue weighted by Crippen LogP contribution is -2.20. The van der Waals surface area contributed by atoms with Gasteiger partial charge in [-0.1, -0.05) is 18.2 Å². The van der Waals surface area contributed by atoms with E-state index < -0.39 is 15.3 Å². The van der Waals surface area contributed by atoms with Crippen LogP contribution in [-0.2, 0) is 10.0 Å². The molecule has 5 heteroatoms. The average Bonchev–Trinajstić information content (AvgIpc) is 2.02. The molecular formula is C8H12N2O2S. The fourth-order valence-electron chi connectivity index (χ4n) is 1.06. The molecule has 0 aromatic heterocycles. The van der Waals surface area contributed by atoms with E-state index >= 15 is 0 Å². The van der Waals surface area contributed by atoms with E-state index in [1.807, 2.05) is 0 Å². The van der Waals surface area contributed by atoms with Gasteiger partial charge in [0.2, 0.25) is 10.0 Å². The Morgan fingerprint density at radius 3 is 2.31 bits per heavy atom. The lowest BCUT2D eigenvalue weighted by molar-refractivity contribution is 0.588. The number of hydrogen-bond donors (Lipinski definition) is 2. The van der Waals surface area contributed by atoms with E-state index in [0.29, 0.717) is 11.3 Å². The van der Waals surface area contributed by atoms with Gasteiger partial charge in [-0.15, -0.1) is 0 Å². The quantitative estimate of drug-likeness (QED) is 0.686. The molecule has 72 valence electrons. The molecule has 1 aromatic rings. The van der Waals surface area contributed by atoms with E-state index in [4.69, 9.17) is 10.9 Å². The van der Waals surface area contributed by atoms with Crippen molar-refractivity contribution in [2.45, 2.75) is 12.2 Å². The van der Waals surface area contributed by atoms with E-state index in [9.17, 15) is 8.42 Å². The maximum absolute atomic E-state index is 11.0. The summed E-state index contributed by atoms with van der Waals surface area (Å²) in [7, 11) is -3.56. The highest BCUT2D eigenvalue weighted by Crippen LogP contribution is 2.24. The van der Waals surface area contributed by atoms with E-state index in [2.05, 4.69) is 0 Å². The zero-order chi connectivity index (χ0) is 10.1. The van der Waals surface area contributed by atoms with E-state index in [-0.39, 0.29) is 0 Å². The molecule has 0 radical (unpaired) electrons. The second-order valence-electron chi connectivity index (χ2n) is 2.86. The van der Waals surface area contributed by atoms with Crippen LogP contribution in [0.2, 0.25) is 0 Å². The van der Waals surface area contributed by atoms with Crippen molar-refractivity contribution >= 4 is 15.7 Å². The van der Waals surface area contributed by atoms with Gasteiger partial charge in [-0.25, -0.2) is 13.6 Å². The summed E-state index contributed by atoms with van der Waals surface area (Å²) in [4.78, 5) is 0. The molecule has 13 heavy (non-hydrogen) atoms. The second-order valence-corrected chi connectivity index (χ2v) is 4.75. The van der Waals surface area contributed by atoms with Crippen molar-refractivity contribution in [3.05, 3.63) is 29.8 Å². The average molecular weight is 200 g/mol. The lowest BCUT2D eigenvalue weighted by Gasteiger charge is -2.11. The molecule has 1 aromatic carbocycles. The summed E-state index contributed by atoms with van der Waals surface area (Å²) in [6.07, 6.45) is 0. The van der Waals surface area contributed by atoms with Crippen LogP contribution in [0.3, 0.4) is 0 Å². The van der Waals surface area contributed by atoms with Crippen LogP contribution in [0.15, 0.2) is 24.3 Å². The van der Waals surface area contributed by atoms with Gasteiger partial charge >= 0.3 is 0 Å². The van der Waals surface area contributed by atoms with Gasteiger partial charge in [0.1, 0.15) is 0 Å². The third kappa shape index (κ3) is 2.19. The number of rotatable bonds is 2. The number of benzene rings is 1. The predicted molar refractivity (Wildman–Crippen MR) is 52.4 cm³/mol. The van der Waals surface area contributed by atoms with Crippen molar-refractivity contribution < 1.29 is 8.42 Å². The minimum atomic E-state index is -3.56. The van der Waals surface area contributed by atoms with E-state index in [0.717, 1.165) is 0 Å². The molecule has 0 aliphatic rings. The van der Waals surface area contributed by atoms with Gasteiger partial charge in [-0.2, -0.15) is 0 Å². The minimum Gasteiger partial charge on any atom is -0.398 e. The molecule has 0 bridgehead atoms. The number of nitrogens with two attached hydrogens (primary N) is 2. The van der Waals surface area contributed by atoms with Gasteiger partial charge < -0.3 is 5.73 Å². The third-order valence-electron chi connectivity index (χ3n) is 1.93. The molecule has 1 atom stereocenters. The van der Waals surface area contributed by atoms with Gasteiger partial charge in [0.15, 0.2) is 0 Å². The molecular weight excluding hydrogens is 188 g/mol. The Morgan fingerprint density at radius 1 is 1.31 bits per heavy atom. The van der Waals surface area contributed by atoms with Gasteiger partial charge in [-0.3, -0.25) is 0 Å². The topological polar surface area (TPSA) is 86.2 Å². The highest BCUT2D eigenvalue weighted by atomic mass is 32.2. The van der Waals surface area contributed by atoms with Gasteiger partial charge in [0.05, 0.1) is 5.25 Å². The molecule has 0 saturated heterocycles. The molecule has 0 spiro atoms. The van der Waals surface area contributed by atoms with Crippen LogP contribution < -0.4 is 10.9 Å². The molecule has 0 aliphatic carbocycles. The third-order valence-corrected chi connectivity index (χ3v) is 3.17. The van der Waals surface area contributed by atoms with Crippen LogP contribution in [0.1, 0.15) is 17.7 Å². The number of sulfonamides is 1. The van der Waals surface area contributed by atoms with Gasteiger partial charge in [-0.05, 0) is 18.6 Å². The number of para-hydroxylation sites is 1. The van der Waals surface area contributed by atoms with Crippen molar-refractivity contribution in [3.8, 4) is 0 Å².